The van der Waals surface area contributed by atoms with Crippen LogP contribution >= 0.6 is 0 Å². The Hall–Kier alpha value is -2.63. The fourth-order valence-corrected chi connectivity index (χ4v) is 2.15. The van der Waals surface area contributed by atoms with Crippen LogP contribution in [-0.2, 0) is 6.54 Å². The fraction of sp³-hybridized carbons (Fsp3) is 0.267. The molecular weight excluding hydrogens is 266 g/mol. The molecule has 0 radical (unpaired) electrons. The summed E-state index contributed by atoms with van der Waals surface area (Å²) in [6.45, 7) is 4.85. The number of nitrogens with zero attached hydrogens (tertiary/aromatic N) is 3. The van der Waals surface area contributed by atoms with E-state index in [-0.39, 0.29) is 5.56 Å². The van der Waals surface area contributed by atoms with Crippen molar-refractivity contribution >= 4 is 16.5 Å². The van der Waals surface area contributed by atoms with Crippen molar-refractivity contribution in [2.24, 2.45) is 0 Å². The van der Waals surface area contributed by atoms with Crippen molar-refractivity contribution in [3.63, 3.8) is 0 Å². The molecule has 2 N–H and O–H groups in total. The first-order chi connectivity index (χ1) is 10.1. The number of aromatic nitrogens is 4. The van der Waals surface area contributed by atoms with E-state index in [1.54, 1.807) is 6.20 Å². The minimum atomic E-state index is -0.177. The van der Waals surface area contributed by atoms with Gasteiger partial charge in [-0.1, -0.05) is 6.07 Å². The lowest BCUT2D eigenvalue weighted by Gasteiger charge is -2.06. The van der Waals surface area contributed by atoms with Crippen LogP contribution in [0.3, 0.4) is 0 Å². The Morgan fingerprint density at radius 2 is 2.19 bits per heavy atom. The smallest absolute Gasteiger partial charge is 0.272 e. The minimum absolute atomic E-state index is 0.177. The Balaban J connectivity index is 1.78. The topological polar surface area (TPSA) is 75.6 Å². The van der Waals surface area contributed by atoms with Crippen molar-refractivity contribution in [2.45, 2.75) is 26.4 Å². The molecule has 3 aromatic rings. The van der Waals surface area contributed by atoms with Gasteiger partial charge in [-0.05, 0) is 26.0 Å². The average molecular weight is 283 g/mol. The highest BCUT2D eigenvalue weighted by Gasteiger charge is 2.03. The summed E-state index contributed by atoms with van der Waals surface area (Å²) >= 11 is 0. The van der Waals surface area contributed by atoms with E-state index in [4.69, 9.17) is 0 Å². The van der Waals surface area contributed by atoms with Gasteiger partial charge in [0.15, 0.2) is 0 Å². The molecule has 0 amide bonds. The lowest BCUT2D eigenvalue weighted by atomic mass is 10.2. The van der Waals surface area contributed by atoms with Crippen molar-refractivity contribution in [1.29, 1.82) is 0 Å². The van der Waals surface area contributed by atoms with Crippen molar-refractivity contribution in [1.82, 2.24) is 20.0 Å². The van der Waals surface area contributed by atoms with Crippen LogP contribution in [0.2, 0.25) is 0 Å². The van der Waals surface area contributed by atoms with Gasteiger partial charge < -0.3 is 5.32 Å². The van der Waals surface area contributed by atoms with E-state index in [0.717, 1.165) is 16.6 Å². The number of rotatable bonds is 4. The van der Waals surface area contributed by atoms with E-state index in [1.165, 1.54) is 0 Å². The van der Waals surface area contributed by atoms with Crippen molar-refractivity contribution in [2.75, 3.05) is 5.32 Å². The summed E-state index contributed by atoms with van der Waals surface area (Å²) in [6, 6.07) is 6.02. The number of hydrogen-bond donors (Lipinski definition) is 2. The highest BCUT2D eigenvalue weighted by molar-refractivity contribution is 5.83. The molecule has 0 aliphatic heterocycles. The van der Waals surface area contributed by atoms with Crippen molar-refractivity contribution in [3.8, 4) is 0 Å². The van der Waals surface area contributed by atoms with E-state index >= 15 is 0 Å². The first-order valence-electron chi connectivity index (χ1n) is 6.88. The zero-order valence-corrected chi connectivity index (χ0v) is 12.0. The molecule has 0 saturated carbocycles. The van der Waals surface area contributed by atoms with E-state index in [0.29, 0.717) is 18.0 Å². The second kappa shape index (κ2) is 5.40. The van der Waals surface area contributed by atoms with E-state index < -0.39 is 0 Å². The normalized spacial score (nSPS) is 11.2. The summed E-state index contributed by atoms with van der Waals surface area (Å²) < 4.78 is 1.92. The molecule has 21 heavy (non-hydrogen) atoms. The van der Waals surface area contributed by atoms with E-state index in [2.05, 4.69) is 34.5 Å². The van der Waals surface area contributed by atoms with Crippen molar-refractivity contribution in [3.05, 3.63) is 52.7 Å². The summed E-state index contributed by atoms with van der Waals surface area (Å²) in [4.78, 5) is 11.7. The molecule has 2 heterocycles. The first-order valence-corrected chi connectivity index (χ1v) is 6.88. The molecule has 0 fully saturated rings. The summed E-state index contributed by atoms with van der Waals surface area (Å²) in [5.74, 6) is 0. The van der Waals surface area contributed by atoms with Gasteiger partial charge in [-0.25, -0.2) is 5.10 Å². The molecule has 3 rings (SSSR count). The number of fused-ring (bicyclic) bond motifs is 1. The molecule has 0 saturated heterocycles. The predicted octanol–water partition coefficient (Wildman–Crippen LogP) is 2.31. The van der Waals surface area contributed by atoms with Gasteiger partial charge in [0.2, 0.25) is 0 Å². The summed E-state index contributed by atoms with van der Waals surface area (Å²) in [7, 11) is 0. The Kier molecular flexibility index (Phi) is 3.43. The van der Waals surface area contributed by atoms with Crippen LogP contribution in [0.25, 0.3) is 10.8 Å². The molecule has 6 nitrogen and oxygen atoms in total. The van der Waals surface area contributed by atoms with Crippen LogP contribution in [0, 0.1) is 0 Å². The summed E-state index contributed by atoms with van der Waals surface area (Å²) in [5, 5.41) is 15.3. The van der Waals surface area contributed by atoms with Gasteiger partial charge in [-0.2, -0.15) is 10.2 Å². The van der Waals surface area contributed by atoms with E-state index in [1.807, 2.05) is 35.3 Å². The number of aromatic amines is 1. The van der Waals surface area contributed by atoms with Crippen LogP contribution in [0.4, 0.5) is 5.69 Å². The second-order valence-electron chi connectivity index (χ2n) is 5.28. The van der Waals surface area contributed by atoms with Gasteiger partial charge in [0.1, 0.15) is 0 Å². The number of H-pyrrole nitrogens is 1. The monoisotopic (exact) mass is 283 g/mol. The second-order valence-corrected chi connectivity index (χ2v) is 5.28. The molecule has 0 spiro atoms. The third-order valence-electron chi connectivity index (χ3n) is 3.35. The van der Waals surface area contributed by atoms with Crippen LogP contribution in [0.15, 0.2) is 41.6 Å². The zero-order valence-electron chi connectivity index (χ0n) is 12.0. The maximum Gasteiger partial charge on any atom is 0.272 e. The van der Waals surface area contributed by atoms with Crippen LogP contribution in [-0.4, -0.2) is 20.0 Å². The molecule has 1 aromatic carbocycles. The van der Waals surface area contributed by atoms with Crippen LogP contribution < -0.4 is 10.9 Å². The maximum atomic E-state index is 11.7. The van der Waals surface area contributed by atoms with Gasteiger partial charge in [0.05, 0.1) is 17.8 Å². The SMILES string of the molecule is CC(C)n1cc(CNc2ccc3cn[nH]c(=O)c3c2)cn1. The lowest BCUT2D eigenvalue weighted by molar-refractivity contribution is 0.532. The largest absolute Gasteiger partial charge is 0.381 e. The predicted molar refractivity (Wildman–Crippen MR) is 82.3 cm³/mol. The summed E-state index contributed by atoms with van der Waals surface area (Å²) in [5.41, 5.74) is 1.83. The molecule has 0 aliphatic rings. The van der Waals surface area contributed by atoms with Gasteiger partial charge in [-0.3, -0.25) is 9.48 Å². The number of nitrogens with one attached hydrogen (secondary N) is 2. The van der Waals surface area contributed by atoms with Crippen molar-refractivity contribution < 1.29 is 0 Å². The number of anilines is 1. The standard InChI is InChI=1S/C15H17N5O/c1-10(2)20-9-11(7-18-20)6-16-13-4-3-12-8-17-19-15(21)14(12)5-13/h3-5,7-10,16H,6H2,1-2H3,(H,19,21). The zero-order chi connectivity index (χ0) is 14.8. The van der Waals surface area contributed by atoms with E-state index in [9.17, 15) is 4.79 Å². The van der Waals surface area contributed by atoms with Crippen LogP contribution in [0.1, 0.15) is 25.5 Å². The highest BCUT2D eigenvalue weighted by atomic mass is 16.1. The van der Waals surface area contributed by atoms with Gasteiger partial charge >= 0.3 is 0 Å². The quantitative estimate of drug-likeness (QED) is 0.770. The fourth-order valence-electron chi connectivity index (χ4n) is 2.15. The molecule has 6 heteroatoms. The molecular formula is C15H17N5O. The number of hydrogen-bond acceptors (Lipinski definition) is 4. The molecule has 0 unspecified atom stereocenters. The Morgan fingerprint density at radius 3 is 2.95 bits per heavy atom. The molecule has 108 valence electrons. The number of benzene rings is 1. The van der Waals surface area contributed by atoms with Gasteiger partial charge in [0, 0.05) is 35.4 Å². The molecule has 2 aromatic heterocycles. The minimum Gasteiger partial charge on any atom is -0.381 e. The maximum absolute atomic E-state index is 11.7. The Labute approximate surface area is 121 Å². The van der Waals surface area contributed by atoms with Gasteiger partial charge in [0.25, 0.3) is 5.56 Å². The highest BCUT2D eigenvalue weighted by Crippen LogP contribution is 2.16. The Morgan fingerprint density at radius 1 is 1.33 bits per heavy atom. The molecule has 0 bridgehead atoms. The molecule has 0 atom stereocenters. The third kappa shape index (κ3) is 2.79. The third-order valence-corrected chi connectivity index (χ3v) is 3.35. The van der Waals surface area contributed by atoms with Gasteiger partial charge in [-0.15, -0.1) is 0 Å². The summed E-state index contributed by atoms with van der Waals surface area (Å²) in [6.07, 6.45) is 5.52. The average Bonchev–Trinajstić information content (AvgIpc) is 2.95. The Bertz CT molecular complexity index is 818. The first kappa shape index (κ1) is 13.4. The van der Waals surface area contributed by atoms with Crippen LogP contribution in [0.5, 0.6) is 0 Å². The lowest BCUT2D eigenvalue weighted by Crippen LogP contribution is -2.08. The molecule has 0 aliphatic carbocycles.